The molecule has 0 spiro atoms. The van der Waals surface area contributed by atoms with Crippen molar-refractivity contribution in [1.82, 2.24) is 4.98 Å². The van der Waals surface area contributed by atoms with E-state index in [2.05, 4.69) is 17.2 Å². The summed E-state index contributed by atoms with van der Waals surface area (Å²) >= 11 is 1.22. The van der Waals surface area contributed by atoms with E-state index in [4.69, 9.17) is 5.11 Å². The molecule has 1 heterocycles. The van der Waals surface area contributed by atoms with Crippen LogP contribution in [0.3, 0.4) is 0 Å². The minimum Gasteiger partial charge on any atom is -0.477 e. The number of hydrogen-bond acceptors (Lipinski definition) is 4. The molecule has 1 rings (SSSR count). The van der Waals surface area contributed by atoms with Gasteiger partial charge in [0.1, 0.15) is 4.88 Å². The maximum absolute atomic E-state index is 10.9. The van der Waals surface area contributed by atoms with E-state index in [-0.39, 0.29) is 0 Å². The molecule has 0 atom stereocenters. The lowest BCUT2D eigenvalue weighted by molar-refractivity contribution is 0.0701. The Bertz CT molecular complexity index is 405. The van der Waals surface area contributed by atoms with E-state index in [0.29, 0.717) is 10.6 Å². The van der Waals surface area contributed by atoms with Gasteiger partial charge in [-0.05, 0) is 13.3 Å². The number of nitrogens with zero attached hydrogens (tertiary/aromatic N) is 1. The summed E-state index contributed by atoms with van der Waals surface area (Å²) < 4.78 is 0. The summed E-state index contributed by atoms with van der Waals surface area (Å²) in [7, 11) is 0. The van der Waals surface area contributed by atoms with Crippen molar-refractivity contribution in [3.63, 3.8) is 0 Å². The first kappa shape index (κ1) is 17.0. The lowest BCUT2D eigenvalue weighted by Crippen LogP contribution is -2.00. The molecule has 1 aromatic rings. The number of carboxylic acids is 1. The highest BCUT2D eigenvalue weighted by Crippen LogP contribution is 2.22. The lowest BCUT2D eigenvalue weighted by Gasteiger charge is -2.03. The molecule has 0 saturated carbocycles. The third kappa shape index (κ3) is 6.37. The molecule has 20 heavy (non-hydrogen) atoms. The zero-order valence-electron chi connectivity index (χ0n) is 12.6. The first-order valence-electron chi connectivity index (χ1n) is 7.59. The van der Waals surface area contributed by atoms with Gasteiger partial charge in [0.2, 0.25) is 0 Å². The molecule has 114 valence electrons. The Kier molecular flexibility index (Phi) is 8.26. The molecule has 0 aliphatic heterocycles. The first-order valence-corrected chi connectivity index (χ1v) is 8.41. The van der Waals surface area contributed by atoms with Gasteiger partial charge in [0.15, 0.2) is 5.13 Å². The first-order chi connectivity index (χ1) is 9.65. The van der Waals surface area contributed by atoms with Gasteiger partial charge >= 0.3 is 5.97 Å². The molecule has 0 fully saturated rings. The Morgan fingerprint density at radius 3 is 2.30 bits per heavy atom. The highest BCUT2D eigenvalue weighted by atomic mass is 32.1. The number of thiazole rings is 1. The molecule has 0 saturated heterocycles. The fourth-order valence-electron chi connectivity index (χ4n) is 2.12. The summed E-state index contributed by atoms with van der Waals surface area (Å²) in [6, 6.07) is 0. The van der Waals surface area contributed by atoms with Crippen LogP contribution in [0.15, 0.2) is 0 Å². The molecular formula is C15H26N2O2S. The molecule has 0 amide bonds. The van der Waals surface area contributed by atoms with Crippen LogP contribution in [0.4, 0.5) is 5.13 Å². The highest BCUT2D eigenvalue weighted by molar-refractivity contribution is 7.17. The van der Waals surface area contributed by atoms with Crippen molar-refractivity contribution in [2.75, 3.05) is 11.9 Å². The van der Waals surface area contributed by atoms with Crippen molar-refractivity contribution in [3.8, 4) is 0 Å². The molecule has 0 unspecified atom stereocenters. The second-order valence-corrected chi connectivity index (χ2v) is 6.14. The quantitative estimate of drug-likeness (QED) is 0.581. The molecule has 0 aliphatic rings. The Hall–Kier alpha value is -1.10. The van der Waals surface area contributed by atoms with Crippen LogP contribution in [-0.4, -0.2) is 22.6 Å². The van der Waals surface area contributed by atoms with Crippen molar-refractivity contribution in [2.45, 2.75) is 65.2 Å². The molecule has 0 bridgehead atoms. The van der Waals surface area contributed by atoms with E-state index < -0.39 is 5.97 Å². The van der Waals surface area contributed by atoms with Gasteiger partial charge in [0, 0.05) is 6.54 Å². The molecule has 2 N–H and O–H groups in total. The second kappa shape index (κ2) is 9.75. The maximum atomic E-state index is 10.9. The van der Waals surface area contributed by atoms with Gasteiger partial charge in [-0.2, -0.15) is 0 Å². The van der Waals surface area contributed by atoms with Crippen molar-refractivity contribution in [1.29, 1.82) is 0 Å². The minimum atomic E-state index is -0.889. The van der Waals surface area contributed by atoms with Crippen LogP contribution >= 0.6 is 11.3 Å². The van der Waals surface area contributed by atoms with Crippen LogP contribution in [0.1, 0.15) is 73.7 Å². The number of anilines is 1. The predicted molar refractivity (Wildman–Crippen MR) is 84.9 cm³/mol. The SMILES string of the molecule is CCCCCCCCCCNc1nc(C)c(C(=O)O)s1. The minimum absolute atomic E-state index is 0.337. The van der Waals surface area contributed by atoms with E-state index in [1.807, 2.05) is 0 Å². The highest BCUT2D eigenvalue weighted by Gasteiger charge is 2.13. The van der Waals surface area contributed by atoms with E-state index in [0.717, 1.165) is 18.1 Å². The standard InChI is InChI=1S/C15H26N2O2S/c1-3-4-5-6-7-8-9-10-11-16-15-17-12(2)13(20-15)14(18)19/h3-11H2,1-2H3,(H,16,17)(H,18,19). The van der Waals surface area contributed by atoms with Gasteiger partial charge in [0.05, 0.1) is 5.69 Å². The van der Waals surface area contributed by atoms with Gasteiger partial charge in [-0.25, -0.2) is 9.78 Å². The third-order valence-corrected chi connectivity index (χ3v) is 4.40. The van der Waals surface area contributed by atoms with Crippen LogP contribution in [0.25, 0.3) is 0 Å². The summed E-state index contributed by atoms with van der Waals surface area (Å²) in [6.45, 7) is 4.85. The smallest absolute Gasteiger partial charge is 0.347 e. The number of rotatable bonds is 11. The Morgan fingerprint density at radius 1 is 1.15 bits per heavy atom. The number of aromatic nitrogens is 1. The fourth-order valence-corrected chi connectivity index (χ4v) is 2.96. The third-order valence-electron chi connectivity index (χ3n) is 3.30. The Morgan fingerprint density at radius 2 is 1.75 bits per heavy atom. The van der Waals surface area contributed by atoms with Gasteiger partial charge in [-0.3, -0.25) is 0 Å². The van der Waals surface area contributed by atoms with Crippen LogP contribution in [-0.2, 0) is 0 Å². The number of carbonyl (C=O) groups is 1. The van der Waals surface area contributed by atoms with Gasteiger partial charge in [-0.15, -0.1) is 0 Å². The summed E-state index contributed by atoms with van der Waals surface area (Å²) in [5, 5.41) is 12.9. The fraction of sp³-hybridized carbons (Fsp3) is 0.733. The number of carboxylic acid groups (broad SMARTS) is 1. The molecule has 0 aromatic carbocycles. The summed E-state index contributed by atoms with van der Waals surface area (Å²) in [6.07, 6.45) is 10.4. The number of aryl methyl sites for hydroxylation is 1. The van der Waals surface area contributed by atoms with Crippen LogP contribution < -0.4 is 5.32 Å². The van der Waals surface area contributed by atoms with Crippen LogP contribution in [0, 0.1) is 6.92 Å². The van der Waals surface area contributed by atoms with E-state index in [1.165, 1.54) is 56.3 Å². The number of aromatic carboxylic acids is 1. The number of nitrogens with one attached hydrogen (secondary N) is 1. The molecule has 5 heteroatoms. The van der Waals surface area contributed by atoms with Crippen molar-refractivity contribution < 1.29 is 9.90 Å². The molecule has 0 radical (unpaired) electrons. The monoisotopic (exact) mass is 298 g/mol. The van der Waals surface area contributed by atoms with Crippen LogP contribution in [0.5, 0.6) is 0 Å². The normalized spacial score (nSPS) is 10.7. The zero-order valence-corrected chi connectivity index (χ0v) is 13.4. The Balaban J connectivity index is 2.07. The van der Waals surface area contributed by atoms with E-state index in [1.54, 1.807) is 6.92 Å². The topological polar surface area (TPSA) is 62.2 Å². The van der Waals surface area contributed by atoms with Crippen molar-refractivity contribution in [2.24, 2.45) is 0 Å². The van der Waals surface area contributed by atoms with E-state index >= 15 is 0 Å². The van der Waals surface area contributed by atoms with Gasteiger partial charge in [-0.1, -0.05) is 63.2 Å². The number of hydrogen-bond donors (Lipinski definition) is 2. The summed E-state index contributed by atoms with van der Waals surface area (Å²) in [5.41, 5.74) is 0.598. The summed E-state index contributed by atoms with van der Waals surface area (Å²) in [4.78, 5) is 15.5. The second-order valence-electron chi connectivity index (χ2n) is 5.14. The zero-order chi connectivity index (χ0) is 14.8. The molecule has 4 nitrogen and oxygen atoms in total. The molecule has 1 aromatic heterocycles. The average Bonchev–Trinajstić information content (AvgIpc) is 2.78. The molecule has 0 aliphatic carbocycles. The van der Waals surface area contributed by atoms with Gasteiger partial charge < -0.3 is 10.4 Å². The predicted octanol–water partition coefficient (Wildman–Crippen LogP) is 4.70. The van der Waals surface area contributed by atoms with Gasteiger partial charge in [0.25, 0.3) is 0 Å². The van der Waals surface area contributed by atoms with Crippen molar-refractivity contribution >= 4 is 22.4 Å². The maximum Gasteiger partial charge on any atom is 0.347 e. The average molecular weight is 298 g/mol. The van der Waals surface area contributed by atoms with Crippen LogP contribution in [0.2, 0.25) is 0 Å². The van der Waals surface area contributed by atoms with E-state index in [9.17, 15) is 4.79 Å². The lowest BCUT2D eigenvalue weighted by atomic mass is 10.1. The van der Waals surface area contributed by atoms with Crippen molar-refractivity contribution in [3.05, 3.63) is 10.6 Å². The molecular weight excluding hydrogens is 272 g/mol. The number of unbranched alkanes of at least 4 members (excludes halogenated alkanes) is 7. The largest absolute Gasteiger partial charge is 0.477 e. The Labute approximate surface area is 125 Å². The summed E-state index contributed by atoms with van der Waals surface area (Å²) in [5.74, 6) is -0.889.